The number of nitrogens with zero attached hydrogens (tertiary/aromatic N) is 4. The highest BCUT2D eigenvalue weighted by Crippen LogP contribution is 2.21. The van der Waals surface area contributed by atoms with E-state index in [-0.39, 0.29) is 37.0 Å². The maximum atomic E-state index is 14.2. The van der Waals surface area contributed by atoms with Crippen LogP contribution in [0.15, 0.2) is 24.3 Å². The number of para-hydroxylation sites is 1. The first-order valence-electron chi connectivity index (χ1n) is 8.71. The van der Waals surface area contributed by atoms with Crippen molar-refractivity contribution in [3.63, 3.8) is 0 Å². The van der Waals surface area contributed by atoms with E-state index >= 15 is 0 Å². The normalized spacial score (nSPS) is 17.3. The lowest BCUT2D eigenvalue weighted by molar-refractivity contribution is -0.139. The van der Waals surface area contributed by atoms with Crippen LogP contribution in [0.2, 0.25) is 0 Å². The van der Waals surface area contributed by atoms with Crippen molar-refractivity contribution in [2.75, 3.05) is 19.8 Å². The smallest absolute Gasteiger partial charge is 0.305 e. The minimum atomic E-state index is -1.02. The van der Waals surface area contributed by atoms with Crippen molar-refractivity contribution in [3.8, 4) is 5.69 Å². The summed E-state index contributed by atoms with van der Waals surface area (Å²) in [6.45, 7) is 4.45. The highest BCUT2D eigenvalue weighted by Gasteiger charge is 2.32. The van der Waals surface area contributed by atoms with Crippen LogP contribution >= 0.6 is 0 Å². The first-order chi connectivity index (χ1) is 12.9. The third-order valence-corrected chi connectivity index (χ3v) is 4.32. The number of halogens is 1. The molecule has 1 aromatic heterocycles. The average molecular weight is 376 g/mol. The van der Waals surface area contributed by atoms with E-state index in [0.717, 1.165) is 0 Å². The molecule has 2 heterocycles. The zero-order chi connectivity index (χ0) is 19.6. The summed E-state index contributed by atoms with van der Waals surface area (Å²) in [5, 5.41) is 13.3. The number of hydrogen-bond acceptors (Lipinski definition) is 5. The predicted octanol–water partition coefficient (Wildman–Crippen LogP) is 1.85. The lowest BCUT2D eigenvalue weighted by Gasteiger charge is -2.33. The number of carbonyl (C=O) groups excluding carboxylic acids is 1. The number of rotatable bonds is 5. The number of carboxylic acids is 1. The Morgan fingerprint density at radius 2 is 2.11 bits per heavy atom. The van der Waals surface area contributed by atoms with Crippen LogP contribution in [-0.2, 0) is 9.53 Å². The summed E-state index contributed by atoms with van der Waals surface area (Å²) in [6.07, 6.45) is -0.225. The molecule has 0 aliphatic carbocycles. The number of carbonyl (C=O) groups is 2. The molecule has 0 radical (unpaired) electrons. The lowest BCUT2D eigenvalue weighted by atomic mass is 10.1. The van der Waals surface area contributed by atoms with E-state index in [2.05, 4.69) is 10.1 Å². The van der Waals surface area contributed by atoms with E-state index in [1.165, 1.54) is 15.6 Å². The van der Waals surface area contributed by atoms with E-state index in [9.17, 15) is 14.0 Å². The molecule has 27 heavy (non-hydrogen) atoms. The Kier molecular flexibility index (Phi) is 5.50. The molecule has 1 N–H and O–H groups in total. The molecule has 1 amide bonds. The van der Waals surface area contributed by atoms with Crippen LogP contribution in [0.3, 0.4) is 0 Å². The fourth-order valence-corrected chi connectivity index (χ4v) is 3.01. The van der Waals surface area contributed by atoms with Gasteiger partial charge < -0.3 is 14.7 Å². The average Bonchev–Trinajstić information content (AvgIpc) is 3.07. The van der Waals surface area contributed by atoms with Crippen LogP contribution in [0.5, 0.6) is 0 Å². The number of hydrogen-bond donors (Lipinski definition) is 1. The SMILES string of the molecule is CC(C)c1nc(C(=O)N2CCOCC2CC(=O)O)nn1-c1ccccc1F. The minimum absolute atomic E-state index is 0.0840. The Morgan fingerprint density at radius 3 is 2.78 bits per heavy atom. The second kappa shape index (κ2) is 7.83. The number of carboxylic acid groups (broad SMARTS) is 1. The maximum Gasteiger partial charge on any atom is 0.305 e. The number of ether oxygens (including phenoxy) is 1. The number of benzene rings is 1. The predicted molar refractivity (Wildman–Crippen MR) is 93.3 cm³/mol. The zero-order valence-corrected chi connectivity index (χ0v) is 15.1. The molecule has 1 aliphatic rings. The van der Waals surface area contributed by atoms with Crippen molar-refractivity contribution in [3.05, 3.63) is 41.7 Å². The highest BCUT2D eigenvalue weighted by atomic mass is 19.1. The fraction of sp³-hybridized carbons (Fsp3) is 0.444. The summed E-state index contributed by atoms with van der Waals surface area (Å²) >= 11 is 0. The van der Waals surface area contributed by atoms with Crippen LogP contribution in [0.25, 0.3) is 5.69 Å². The fourth-order valence-electron chi connectivity index (χ4n) is 3.01. The lowest BCUT2D eigenvalue weighted by Crippen LogP contribution is -2.49. The van der Waals surface area contributed by atoms with Gasteiger partial charge in [-0.1, -0.05) is 26.0 Å². The van der Waals surface area contributed by atoms with E-state index in [4.69, 9.17) is 9.84 Å². The molecule has 1 fully saturated rings. The number of amides is 1. The van der Waals surface area contributed by atoms with Crippen LogP contribution < -0.4 is 0 Å². The Labute approximate surface area is 155 Å². The molecule has 8 nitrogen and oxygen atoms in total. The Hall–Kier alpha value is -2.81. The number of morpholine rings is 1. The second-order valence-electron chi connectivity index (χ2n) is 6.64. The largest absolute Gasteiger partial charge is 0.481 e. The van der Waals surface area contributed by atoms with Gasteiger partial charge in [0.1, 0.15) is 17.3 Å². The quantitative estimate of drug-likeness (QED) is 0.855. The monoisotopic (exact) mass is 376 g/mol. The van der Waals surface area contributed by atoms with Gasteiger partial charge in [-0.15, -0.1) is 5.10 Å². The molecule has 1 aromatic carbocycles. The van der Waals surface area contributed by atoms with Crippen molar-refractivity contribution < 1.29 is 23.8 Å². The Morgan fingerprint density at radius 1 is 1.37 bits per heavy atom. The third kappa shape index (κ3) is 3.97. The van der Waals surface area contributed by atoms with Gasteiger partial charge in [-0.25, -0.2) is 14.1 Å². The van der Waals surface area contributed by atoms with Gasteiger partial charge in [-0.05, 0) is 12.1 Å². The van der Waals surface area contributed by atoms with Crippen LogP contribution in [0, 0.1) is 5.82 Å². The Balaban J connectivity index is 1.97. The molecule has 1 unspecified atom stereocenters. The number of aliphatic carboxylic acids is 1. The first kappa shape index (κ1) is 19.0. The minimum Gasteiger partial charge on any atom is -0.481 e. The van der Waals surface area contributed by atoms with Gasteiger partial charge in [0.25, 0.3) is 5.91 Å². The van der Waals surface area contributed by atoms with Gasteiger partial charge in [-0.2, -0.15) is 0 Å². The zero-order valence-electron chi connectivity index (χ0n) is 15.1. The summed E-state index contributed by atoms with van der Waals surface area (Å²) in [5.41, 5.74) is 0.205. The van der Waals surface area contributed by atoms with E-state index in [1.807, 2.05) is 13.8 Å². The molecule has 1 atom stereocenters. The summed E-state index contributed by atoms with van der Waals surface area (Å²) in [5.74, 6) is -1.71. The summed E-state index contributed by atoms with van der Waals surface area (Å²) < 4.78 is 20.9. The molecule has 9 heteroatoms. The van der Waals surface area contributed by atoms with Crippen molar-refractivity contribution >= 4 is 11.9 Å². The standard InChI is InChI=1S/C18H21FN4O4/c1-11(2)17-20-16(21-23(17)14-6-4-3-5-13(14)19)18(26)22-7-8-27-10-12(22)9-15(24)25/h3-6,11-12H,7-10H2,1-2H3,(H,24,25). The van der Waals surface area contributed by atoms with Gasteiger partial charge in [0.2, 0.25) is 5.82 Å². The van der Waals surface area contributed by atoms with Gasteiger partial charge in [0.05, 0.1) is 25.7 Å². The van der Waals surface area contributed by atoms with Gasteiger partial charge >= 0.3 is 5.97 Å². The molecule has 0 bridgehead atoms. The Bertz CT molecular complexity index is 852. The maximum absolute atomic E-state index is 14.2. The van der Waals surface area contributed by atoms with Crippen LogP contribution in [0.1, 0.15) is 42.6 Å². The van der Waals surface area contributed by atoms with Gasteiger partial charge in [-0.3, -0.25) is 9.59 Å². The molecule has 2 aromatic rings. The number of aromatic nitrogens is 3. The summed E-state index contributed by atoms with van der Waals surface area (Å²) in [6, 6.07) is 5.53. The van der Waals surface area contributed by atoms with Crippen LogP contribution in [0.4, 0.5) is 4.39 Å². The van der Waals surface area contributed by atoms with Crippen molar-refractivity contribution in [1.82, 2.24) is 19.7 Å². The molecule has 144 valence electrons. The van der Waals surface area contributed by atoms with Crippen molar-refractivity contribution in [2.24, 2.45) is 0 Å². The topological polar surface area (TPSA) is 97.6 Å². The first-order valence-corrected chi connectivity index (χ1v) is 8.71. The van der Waals surface area contributed by atoms with Gasteiger partial charge in [0, 0.05) is 12.5 Å². The second-order valence-corrected chi connectivity index (χ2v) is 6.64. The molecule has 0 spiro atoms. The third-order valence-electron chi connectivity index (χ3n) is 4.32. The van der Waals surface area contributed by atoms with E-state index < -0.39 is 23.7 Å². The summed E-state index contributed by atoms with van der Waals surface area (Å²) in [4.78, 5) is 29.8. The van der Waals surface area contributed by atoms with E-state index in [1.54, 1.807) is 18.2 Å². The molecular formula is C18H21FN4O4. The van der Waals surface area contributed by atoms with Crippen LogP contribution in [-0.4, -0.2) is 62.4 Å². The molecule has 1 saturated heterocycles. The van der Waals surface area contributed by atoms with Crippen molar-refractivity contribution in [2.45, 2.75) is 32.2 Å². The molecule has 0 saturated carbocycles. The molecule has 3 rings (SSSR count). The highest BCUT2D eigenvalue weighted by molar-refractivity contribution is 5.91. The molecule has 1 aliphatic heterocycles. The van der Waals surface area contributed by atoms with E-state index in [0.29, 0.717) is 12.4 Å². The molecular weight excluding hydrogens is 355 g/mol. The van der Waals surface area contributed by atoms with Gasteiger partial charge in [0.15, 0.2) is 0 Å². The summed E-state index contributed by atoms with van der Waals surface area (Å²) in [7, 11) is 0. The van der Waals surface area contributed by atoms with Crippen molar-refractivity contribution in [1.29, 1.82) is 0 Å².